The lowest BCUT2D eigenvalue weighted by atomic mass is 10.5. The topological polar surface area (TPSA) is 34.1 Å². The van der Waals surface area contributed by atoms with Crippen LogP contribution in [-0.2, 0) is 4.74 Å². The molecule has 0 radical (unpaired) electrons. The maximum atomic E-state index is 5.73. The number of pyridine rings is 1. The first-order valence-corrected chi connectivity index (χ1v) is 6.13. The van der Waals surface area contributed by atoms with Crippen molar-refractivity contribution in [2.24, 2.45) is 0 Å². The molecule has 1 aromatic rings. The molecule has 0 saturated heterocycles. The Morgan fingerprint density at radius 3 is 3.00 bits per heavy atom. The zero-order chi connectivity index (χ0) is 10.9. The Hall–Kier alpha value is -0.290. The van der Waals surface area contributed by atoms with Gasteiger partial charge in [0.25, 0.3) is 0 Å². The van der Waals surface area contributed by atoms with Crippen LogP contribution in [0.2, 0.25) is 5.02 Å². The molecule has 1 rings (SSSR count). The van der Waals surface area contributed by atoms with Crippen molar-refractivity contribution < 1.29 is 4.74 Å². The molecule has 1 aromatic heterocycles. The number of ether oxygens (including phenoxy) is 1. The lowest BCUT2D eigenvalue weighted by molar-refractivity contribution is 0.200. The lowest BCUT2D eigenvalue weighted by Crippen LogP contribution is -2.21. The van der Waals surface area contributed by atoms with Crippen molar-refractivity contribution in [2.75, 3.05) is 32.6 Å². The van der Waals surface area contributed by atoms with E-state index in [4.69, 9.17) is 16.3 Å². The summed E-state index contributed by atoms with van der Waals surface area (Å²) < 4.78 is 4.92. The monoisotopic (exact) mass is 246 g/mol. The molecule has 3 nitrogen and oxygen atoms in total. The quantitative estimate of drug-likeness (QED) is 0.590. The molecular formula is C10H15ClN2OS. The second-order valence-electron chi connectivity index (χ2n) is 2.91. The molecule has 5 heteroatoms. The smallest absolute Gasteiger partial charge is 0.0961 e. The Balaban J connectivity index is 2.07. The highest BCUT2D eigenvalue weighted by molar-refractivity contribution is 7.99. The SMILES string of the molecule is COCCNCCSc1ccc(Cl)cn1. The first-order chi connectivity index (χ1) is 7.33. The third-order valence-electron chi connectivity index (χ3n) is 1.71. The number of rotatable bonds is 7. The maximum Gasteiger partial charge on any atom is 0.0961 e. The summed E-state index contributed by atoms with van der Waals surface area (Å²) in [5, 5.41) is 4.95. The summed E-state index contributed by atoms with van der Waals surface area (Å²) in [4.78, 5) is 4.19. The van der Waals surface area contributed by atoms with Crippen LogP contribution in [0.25, 0.3) is 0 Å². The molecule has 0 fully saturated rings. The summed E-state index contributed by atoms with van der Waals surface area (Å²) in [7, 11) is 1.70. The lowest BCUT2D eigenvalue weighted by Gasteiger charge is -2.03. The summed E-state index contributed by atoms with van der Waals surface area (Å²) in [6.07, 6.45) is 1.67. The number of nitrogens with zero attached hydrogens (tertiary/aromatic N) is 1. The van der Waals surface area contributed by atoms with Crippen molar-refractivity contribution in [3.63, 3.8) is 0 Å². The van der Waals surface area contributed by atoms with Gasteiger partial charge in [-0.2, -0.15) is 0 Å². The molecule has 84 valence electrons. The molecule has 0 saturated carbocycles. The van der Waals surface area contributed by atoms with Crippen LogP contribution in [0.1, 0.15) is 0 Å². The standard InChI is InChI=1S/C10H15ClN2OS/c1-14-6-4-12-5-7-15-10-3-2-9(11)8-13-10/h2-3,8,12H,4-7H2,1H3. The normalized spacial score (nSPS) is 10.5. The molecule has 1 heterocycles. The summed E-state index contributed by atoms with van der Waals surface area (Å²) in [5.41, 5.74) is 0. The van der Waals surface area contributed by atoms with Gasteiger partial charge in [-0.25, -0.2) is 4.98 Å². The van der Waals surface area contributed by atoms with E-state index in [1.54, 1.807) is 25.1 Å². The van der Waals surface area contributed by atoms with Crippen LogP contribution in [0, 0.1) is 0 Å². The Bertz CT molecular complexity index is 269. The summed E-state index contributed by atoms with van der Waals surface area (Å²) in [5.74, 6) is 0.998. The molecule has 0 aromatic carbocycles. The molecule has 0 aliphatic rings. The minimum absolute atomic E-state index is 0.678. The highest BCUT2D eigenvalue weighted by Crippen LogP contribution is 2.16. The molecule has 0 amide bonds. The maximum absolute atomic E-state index is 5.73. The van der Waals surface area contributed by atoms with Crippen LogP contribution in [0.15, 0.2) is 23.4 Å². The van der Waals surface area contributed by atoms with Gasteiger partial charge >= 0.3 is 0 Å². The van der Waals surface area contributed by atoms with Crippen molar-refractivity contribution >= 4 is 23.4 Å². The van der Waals surface area contributed by atoms with Crippen molar-refractivity contribution in [2.45, 2.75) is 5.03 Å². The van der Waals surface area contributed by atoms with Crippen molar-refractivity contribution in [1.82, 2.24) is 10.3 Å². The average Bonchev–Trinajstić information content (AvgIpc) is 2.26. The van der Waals surface area contributed by atoms with Gasteiger partial charge in [-0.1, -0.05) is 11.6 Å². The van der Waals surface area contributed by atoms with Crippen LogP contribution in [0.5, 0.6) is 0 Å². The van der Waals surface area contributed by atoms with E-state index in [-0.39, 0.29) is 0 Å². The predicted octanol–water partition coefficient (Wildman–Crippen LogP) is 2.06. The van der Waals surface area contributed by atoms with Gasteiger partial charge in [0.05, 0.1) is 16.7 Å². The third-order valence-corrected chi connectivity index (χ3v) is 2.88. The number of aromatic nitrogens is 1. The largest absolute Gasteiger partial charge is 0.383 e. The molecule has 1 N–H and O–H groups in total. The van der Waals surface area contributed by atoms with E-state index in [0.717, 1.165) is 30.5 Å². The molecular weight excluding hydrogens is 232 g/mol. The van der Waals surface area contributed by atoms with Gasteiger partial charge in [-0.3, -0.25) is 0 Å². The zero-order valence-corrected chi connectivity index (χ0v) is 10.3. The van der Waals surface area contributed by atoms with Crippen LogP contribution >= 0.6 is 23.4 Å². The second kappa shape index (κ2) is 7.93. The minimum Gasteiger partial charge on any atom is -0.383 e. The van der Waals surface area contributed by atoms with Crippen LogP contribution < -0.4 is 5.32 Å². The molecule has 0 aliphatic heterocycles. The number of thioether (sulfide) groups is 1. The number of nitrogens with one attached hydrogen (secondary N) is 1. The van der Waals surface area contributed by atoms with E-state index in [2.05, 4.69) is 10.3 Å². The van der Waals surface area contributed by atoms with Crippen LogP contribution in [-0.4, -0.2) is 37.5 Å². The molecule has 0 unspecified atom stereocenters. The molecule has 15 heavy (non-hydrogen) atoms. The van der Waals surface area contributed by atoms with Gasteiger partial charge in [0.15, 0.2) is 0 Å². The first kappa shape index (κ1) is 12.8. The Labute approximate surface area is 99.6 Å². The summed E-state index contributed by atoms with van der Waals surface area (Å²) >= 11 is 7.45. The Kier molecular flexibility index (Phi) is 6.76. The number of halogens is 1. The molecule has 0 bridgehead atoms. The van der Waals surface area contributed by atoms with Crippen LogP contribution in [0.4, 0.5) is 0 Å². The van der Waals surface area contributed by atoms with Gasteiger partial charge in [0, 0.05) is 32.1 Å². The zero-order valence-electron chi connectivity index (χ0n) is 8.70. The van der Waals surface area contributed by atoms with Gasteiger partial charge in [0.2, 0.25) is 0 Å². The van der Waals surface area contributed by atoms with Gasteiger partial charge in [-0.05, 0) is 12.1 Å². The number of methoxy groups -OCH3 is 1. The van der Waals surface area contributed by atoms with Crippen LogP contribution in [0.3, 0.4) is 0 Å². The fourth-order valence-electron chi connectivity index (χ4n) is 0.975. The Morgan fingerprint density at radius 1 is 1.47 bits per heavy atom. The average molecular weight is 247 g/mol. The van der Waals surface area contributed by atoms with E-state index in [9.17, 15) is 0 Å². The van der Waals surface area contributed by atoms with E-state index < -0.39 is 0 Å². The predicted molar refractivity (Wildman–Crippen MR) is 64.7 cm³/mol. The highest BCUT2D eigenvalue weighted by Gasteiger charge is 1.95. The molecule has 0 atom stereocenters. The van der Waals surface area contributed by atoms with Gasteiger partial charge < -0.3 is 10.1 Å². The van der Waals surface area contributed by atoms with Crippen molar-refractivity contribution in [3.05, 3.63) is 23.4 Å². The van der Waals surface area contributed by atoms with E-state index in [1.165, 1.54) is 0 Å². The van der Waals surface area contributed by atoms with Gasteiger partial charge in [-0.15, -0.1) is 11.8 Å². The Morgan fingerprint density at radius 2 is 2.33 bits per heavy atom. The third kappa shape index (κ3) is 5.99. The number of hydrogen-bond acceptors (Lipinski definition) is 4. The molecule has 0 aliphatic carbocycles. The van der Waals surface area contributed by atoms with Gasteiger partial charge in [0.1, 0.15) is 0 Å². The van der Waals surface area contributed by atoms with E-state index >= 15 is 0 Å². The fraction of sp³-hybridized carbons (Fsp3) is 0.500. The van der Waals surface area contributed by atoms with E-state index in [1.807, 2.05) is 12.1 Å². The second-order valence-corrected chi connectivity index (χ2v) is 4.46. The molecule has 0 spiro atoms. The highest BCUT2D eigenvalue weighted by atomic mass is 35.5. The van der Waals surface area contributed by atoms with Crippen molar-refractivity contribution in [1.29, 1.82) is 0 Å². The first-order valence-electron chi connectivity index (χ1n) is 4.77. The summed E-state index contributed by atoms with van der Waals surface area (Å²) in [6, 6.07) is 3.79. The number of hydrogen-bond donors (Lipinski definition) is 1. The van der Waals surface area contributed by atoms with Crippen molar-refractivity contribution in [3.8, 4) is 0 Å². The fourth-order valence-corrected chi connectivity index (χ4v) is 1.83. The minimum atomic E-state index is 0.678. The summed E-state index contributed by atoms with van der Waals surface area (Å²) in [6.45, 7) is 2.60. The van der Waals surface area contributed by atoms with E-state index in [0.29, 0.717) is 5.02 Å².